The second-order valence-corrected chi connectivity index (χ2v) is 7.98. The zero-order valence-corrected chi connectivity index (χ0v) is 16.9. The lowest BCUT2D eigenvalue weighted by molar-refractivity contribution is -0.122. The van der Waals surface area contributed by atoms with Crippen molar-refractivity contribution in [2.45, 2.75) is 72.1 Å². The van der Waals surface area contributed by atoms with Crippen LogP contribution in [0.4, 0.5) is 4.79 Å². The second-order valence-electron chi connectivity index (χ2n) is 7.98. The Kier molecular flexibility index (Phi) is 7.48. The van der Waals surface area contributed by atoms with Gasteiger partial charge in [-0.1, -0.05) is 12.1 Å². The van der Waals surface area contributed by atoms with E-state index < -0.39 is 17.2 Å². The van der Waals surface area contributed by atoms with Gasteiger partial charge in [-0.2, -0.15) is 0 Å². The van der Waals surface area contributed by atoms with Gasteiger partial charge >= 0.3 is 6.09 Å². The number of benzene rings is 1. The van der Waals surface area contributed by atoms with Crippen molar-refractivity contribution in [3.05, 3.63) is 29.8 Å². The Morgan fingerprint density at radius 2 is 1.81 bits per heavy atom. The van der Waals surface area contributed by atoms with Crippen molar-refractivity contribution >= 4 is 12.0 Å². The lowest BCUT2D eigenvalue weighted by Gasteiger charge is -2.28. The fourth-order valence-electron chi connectivity index (χ4n) is 2.44. The van der Waals surface area contributed by atoms with Crippen molar-refractivity contribution in [2.24, 2.45) is 0 Å². The van der Waals surface area contributed by atoms with Gasteiger partial charge in [0.15, 0.2) is 0 Å². The molecule has 0 heterocycles. The standard InChI is InChI=1S/C20H32N2O4/c1-8-25-16-11-9-10-15(12-16)14(2)21-17(23)13-20(6,7)22-18(24)26-19(3,4)5/h9-12,14H,8,13H2,1-7H3,(H,21,23)(H,22,24). The molecule has 1 atom stereocenters. The van der Waals surface area contributed by atoms with Crippen LogP contribution in [0.3, 0.4) is 0 Å². The summed E-state index contributed by atoms with van der Waals surface area (Å²) in [6.45, 7) is 13.4. The maximum absolute atomic E-state index is 12.4. The Hall–Kier alpha value is -2.24. The van der Waals surface area contributed by atoms with Crippen molar-refractivity contribution in [1.82, 2.24) is 10.6 Å². The topological polar surface area (TPSA) is 76.7 Å². The first-order valence-electron chi connectivity index (χ1n) is 8.95. The fraction of sp³-hybridized carbons (Fsp3) is 0.600. The van der Waals surface area contributed by atoms with Gasteiger partial charge in [0, 0.05) is 12.0 Å². The molecule has 1 rings (SSSR count). The number of nitrogens with one attached hydrogen (secondary N) is 2. The number of carbonyl (C=O) groups is 2. The lowest BCUT2D eigenvalue weighted by Crippen LogP contribution is -2.48. The molecule has 0 saturated heterocycles. The molecule has 6 nitrogen and oxygen atoms in total. The second kappa shape index (κ2) is 8.92. The van der Waals surface area contributed by atoms with Crippen LogP contribution in [0.1, 0.15) is 66.5 Å². The van der Waals surface area contributed by atoms with E-state index in [1.807, 2.05) is 38.1 Å². The summed E-state index contributed by atoms with van der Waals surface area (Å²) in [4.78, 5) is 24.3. The zero-order valence-electron chi connectivity index (χ0n) is 16.9. The highest BCUT2D eigenvalue weighted by molar-refractivity contribution is 5.79. The molecule has 0 bridgehead atoms. The van der Waals surface area contributed by atoms with E-state index >= 15 is 0 Å². The van der Waals surface area contributed by atoms with Gasteiger partial charge in [-0.3, -0.25) is 4.79 Å². The number of carbonyl (C=O) groups excluding carboxylic acids is 2. The first-order valence-corrected chi connectivity index (χ1v) is 8.95. The average molecular weight is 364 g/mol. The van der Waals surface area contributed by atoms with E-state index in [-0.39, 0.29) is 18.4 Å². The number of alkyl carbamates (subject to hydrolysis) is 1. The van der Waals surface area contributed by atoms with Gasteiger partial charge in [0.2, 0.25) is 5.91 Å². The van der Waals surface area contributed by atoms with E-state index in [0.29, 0.717) is 6.61 Å². The SMILES string of the molecule is CCOc1cccc(C(C)NC(=O)CC(C)(C)NC(=O)OC(C)(C)C)c1. The molecule has 0 radical (unpaired) electrons. The maximum Gasteiger partial charge on any atom is 0.408 e. The summed E-state index contributed by atoms with van der Waals surface area (Å²) < 4.78 is 10.7. The van der Waals surface area contributed by atoms with Crippen LogP contribution >= 0.6 is 0 Å². The Labute approximate surface area is 156 Å². The van der Waals surface area contributed by atoms with E-state index in [9.17, 15) is 9.59 Å². The number of rotatable bonds is 7. The van der Waals surface area contributed by atoms with Gasteiger partial charge in [0.05, 0.1) is 12.6 Å². The number of hydrogen-bond acceptors (Lipinski definition) is 4. The highest BCUT2D eigenvalue weighted by Crippen LogP contribution is 2.20. The summed E-state index contributed by atoms with van der Waals surface area (Å²) in [5.74, 6) is 0.624. The molecule has 0 aliphatic rings. The van der Waals surface area contributed by atoms with Crippen LogP contribution in [0.2, 0.25) is 0 Å². The van der Waals surface area contributed by atoms with Gasteiger partial charge in [0.1, 0.15) is 11.4 Å². The fourth-order valence-corrected chi connectivity index (χ4v) is 2.44. The smallest absolute Gasteiger partial charge is 0.408 e. The molecular weight excluding hydrogens is 332 g/mol. The first kappa shape index (κ1) is 21.8. The molecule has 2 amide bonds. The van der Waals surface area contributed by atoms with E-state index in [0.717, 1.165) is 11.3 Å². The molecule has 0 aliphatic carbocycles. The minimum absolute atomic E-state index is 0.141. The summed E-state index contributed by atoms with van der Waals surface area (Å²) in [5.41, 5.74) is -0.343. The largest absolute Gasteiger partial charge is 0.494 e. The molecule has 0 saturated carbocycles. The summed E-state index contributed by atoms with van der Waals surface area (Å²) in [5, 5.41) is 5.70. The Morgan fingerprint density at radius 1 is 1.15 bits per heavy atom. The predicted octanol–water partition coefficient (Wildman–Crippen LogP) is 3.96. The highest BCUT2D eigenvalue weighted by atomic mass is 16.6. The van der Waals surface area contributed by atoms with Crippen LogP contribution in [0.5, 0.6) is 5.75 Å². The van der Waals surface area contributed by atoms with Gasteiger partial charge in [-0.25, -0.2) is 4.79 Å². The molecule has 26 heavy (non-hydrogen) atoms. The van der Waals surface area contributed by atoms with Crippen molar-refractivity contribution in [3.8, 4) is 5.75 Å². The lowest BCUT2D eigenvalue weighted by atomic mass is 9.99. The minimum atomic E-state index is -0.723. The van der Waals surface area contributed by atoms with Crippen molar-refractivity contribution in [1.29, 1.82) is 0 Å². The third-order valence-electron chi connectivity index (χ3n) is 3.49. The monoisotopic (exact) mass is 364 g/mol. The van der Waals surface area contributed by atoms with E-state index in [2.05, 4.69) is 10.6 Å². The maximum atomic E-state index is 12.4. The van der Waals surface area contributed by atoms with Crippen LogP contribution in [-0.4, -0.2) is 29.7 Å². The Morgan fingerprint density at radius 3 is 2.38 bits per heavy atom. The van der Waals surface area contributed by atoms with Gasteiger partial charge < -0.3 is 20.1 Å². The Balaban J connectivity index is 2.61. The van der Waals surface area contributed by atoms with Gasteiger partial charge in [0.25, 0.3) is 0 Å². The minimum Gasteiger partial charge on any atom is -0.494 e. The summed E-state index contributed by atoms with van der Waals surface area (Å²) >= 11 is 0. The number of amides is 2. The number of hydrogen-bond donors (Lipinski definition) is 2. The predicted molar refractivity (Wildman–Crippen MR) is 102 cm³/mol. The van der Waals surface area contributed by atoms with E-state index in [1.165, 1.54) is 0 Å². The zero-order chi connectivity index (χ0) is 20.0. The van der Waals surface area contributed by atoms with Crippen LogP contribution < -0.4 is 15.4 Å². The van der Waals surface area contributed by atoms with E-state index in [1.54, 1.807) is 34.6 Å². The van der Waals surface area contributed by atoms with Crippen molar-refractivity contribution in [3.63, 3.8) is 0 Å². The number of ether oxygens (including phenoxy) is 2. The molecular formula is C20H32N2O4. The third kappa shape index (κ3) is 8.23. The van der Waals surface area contributed by atoms with Crippen LogP contribution in [0.15, 0.2) is 24.3 Å². The molecule has 146 valence electrons. The molecule has 0 spiro atoms. The molecule has 0 aliphatic heterocycles. The molecule has 1 unspecified atom stereocenters. The summed E-state index contributed by atoms with van der Waals surface area (Å²) in [6.07, 6.45) is -0.394. The van der Waals surface area contributed by atoms with Gasteiger partial charge in [-0.05, 0) is 66.2 Å². The summed E-state index contributed by atoms with van der Waals surface area (Å²) in [6, 6.07) is 7.47. The van der Waals surface area contributed by atoms with Crippen molar-refractivity contribution in [2.75, 3.05) is 6.61 Å². The van der Waals surface area contributed by atoms with Crippen LogP contribution in [-0.2, 0) is 9.53 Å². The molecule has 2 N–H and O–H groups in total. The molecule has 0 fully saturated rings. The van der Waals surface area contributed by atoms with Crippen LogP contribution in [0.25, 0.3) is 0 Å². The highest BCUT2D eigenvalue weighted by Gasteiger charge is 2.27. The summed E-state index contributed by atoms with van der Waals surface area (Å²) in [7, 11) is 0. The quantitative estimate of drug-likeness (QED) is 0.768. The van der Waals surface area contributed by atoms with E-state index in [4.69, 9.17) is 9.47 Å². The third-order valence-corrected chi connectivity index (χ3v) is 3.49. The molecule has 1 aromatic rings. The van der Waals surface area contributed by atoms with Crippen molar-refractivity contribution < 1.29 is 19.1 Å². The Bertz CT molecular complexity index is 620. The average Bonchev–Trinajstić information content (AvgIpc) is 2.44. The normalized spacial score (nSPS) is 12.9. The molecule has 6 heteroatoms. The first-order chi connectivity index (χ1) is 11.9. The van der Waals surface area contributed by atoms with Crippen LogP contribution in [0, 0.1) is 0 Å². The molecule has 1 aromatic carbocycles. The molecule has 0 aromatic heterocycles. The van der Waals surface area contributed by atoms with Gasteiger partial charge in [-0.15, -0.1) is 0 Å².